The highest BCUT2D eigenvalue weighted by atomic mass is 16.7. The maximum atomic E-state index is 6.71. The molecule has 7 heteroatoms. The Morgan fingerprint density at radius 1 is 0.457 bits per heavy atom. The molecule has 224 valence electrons. The van der Waals surface area contributed by atoms with Gasteiger partial charge in [-0.25, -0.2) is 15.0 Å². The molecule has 0 saturated carbocycles. The van der Waals surface area contributed by atoms with Gasteiger partial charge < -0.3 is 13.7 Å². The molecular formula is C39H32BN3O3. The van der Waals surface area contributed by atoms with Gasteiger partial charge in [-0.1, -0.05) is 115 Å². The molecule has 5 aromatic carbocycles. The summed E-state index contributed by atoms with van der Waals surface area (Å²) in [5, 5.41) is 1.96. The number of benzene rings is 5. The van der Waals surface area contributed by atoms with Crippen molar-refractivity contribution in [2.75, 3.05) is 0 Å². The van der Waals surface area contributed by atoms with E-state index < -0.39 is 18.3 Å². The fourth-order valence-electron chi connectivity index (χ4n) is 5.96. The largest absolute Gasteiger partial charge is 0.498 e. The van der Waals surface area contributed by atoms with Crippen molar-refractivity contribution in [1.82, 2.24) is 15.0 Å². The molecule has 3 heterocycles. The maximum absolute atomic E-state index is 6.71. The maximum Gasteiger partial charge on any atom is 0.498 e. The van der Waals surface area contributed by atoms with Crippen molar-refractivity contribution < 1.29 is 13.7 Å². The molecule has 0 aliphatic carbocycles. The van der Waals surface area contributed by atoms with E-state index in [-0.39, 0.29) is 0 Å². The summed E-state index contributed by atoms with van der Waals surface area (Å²) >= 11 is 0. The molecule has 0 unspecified atom stereocenters. The molecule has 1 saturated heterocycles. The molecule has 7 aromatic rings. The third-order valence-electron chi connectivity index (χ3n) is 9.22. The molecule has 0 atom stereocenters. The van der Waals surface area contributed by atoms with E-state index in [2.05, 4.69) is 76.2 Å². The minimum atomic E-state index is -0.551. The highest BCUT2D eigenvalue weighted by molar-refractivity contribution is 6.65. The average Bonchev–Trinajstić information content (AvgIpc) is 3.57. The van der Waals surface area contributed by atoms with Crippen LogP contribution in [0.2, 0.25) is 0 Å². The molecule has 1 aliphatic rings. The Morgan fingerprint density at radius 2 is 0.935 bits per heavy atom. The minimum absolute atomic E-state index is 0.467. The lowest BCUT2D eigenvalue weighted by atomic mass is 9.78. The third kappa shape index (κ3) is 4.80. The zero-order chi connectivity index (χ0) is 31.5. The van der Waals surface area contributed by atoms with Gasteiger partial charge in [-0.3, -0.25) is 0 Å². The zero-order valence-corrected chi connectivity index (χ0v) is 26.2. The average molecular weight is 602 g/mol. The number of rotatable bonds is 5. The number of para-hydroxylation sites is 2. The lowest BCUT2D eigenvalue weighted by molar-refractivity contribution is 0.00578. The summed E-state index contributed by atoms with van der Waals surface area (Å²) in [5.41, 5.74) is 6.26. The smallest absolute Gasteiger partial charge is 0.456 e. The normalized spacial score (nSPS) is 15.5. The third-order valence-corrected chi connectivity index (χ3v) is 9.22. The summed E-state index contributed by atoms with van der Waals surface area (Å²) in [6.07, 6.45) is 0. The van der Waals surface area contributed by atoms with Crippen LogP contribution >= 0.6 is 0 Å². The van der Waals surface area contributed by atoms with Crippen LogP contribution in [-0.4, -0.2) is 33.3 Å². The van der Waals surface area contributed by atoms with Crippen LogP contribution in [-0.2, 0) is 9.31 Å². The summed E-state index contributed by atoms with van der Waals surface area (Å²) in [4.78, 5) is 15.0. The molecule has 0 radical (unpaired) electrons. The van der Waals surface area contributed by atoms with E-state index in [0.29, 0.717) is 23.1 Å². The molecule has 0 bridgehead atoms. The first-order chi connectivity index (χ1) is 22.3. The van der Waals surface area contributed by atoms with Crippen molar-refractivity contribution in [3.63, 3.8) is 0 Å². The first kappa shape index (κ1) is 28.4. The van der Waals surface area contributed by atoms with E-state index in [1.54, 1.807) is 0 Å². The summed E-state index contributed by atoms with van der Waals surface area (Å²) in [7, 11) is -0.551. The van der Waals surface area contributed by atoms with E-state index in [4.69, 9.17) is 28.7 Å². The number of furan rings is 1. The van der Waals surface area contributed by atoms with Crippen LogP contribution in [0.25, 0.3) is 67.2 Å². The SMILES string of the molecule is CC1(C)OB(c2cccc3c2oc2c(-c4nc(-c5ccccc5)nc(-c5ccc(-c6ccccc6)cc5)n4)cccc23)OC1(C)C. The van der Waals surface area contributed by atoms with Crippen LogP contribution in [0.1, 0.15) is 27.7 Å². The topological polar surface area (TPSA) is 70.3 Å². The van der Waals surface area contributed by atoms with Gasteiger partial charge in [-0.15, -0.1) is 0 Å². The van der Waals surface area contributed by atoms with Gasteiger partial charge in [-0.2, -0.15) is 0 Å². The van der Waals surface area contributed by atoms with Gasteiger partial charge in [0.25, 0.3) is 0 Å². The van der Waals surface area contributed by atoms with Crippen molar-refractivity contribution in [3.05, 3.63) is 121 Å². The van der Waals surface area contributed by atoms with Gasteiger partial charge in [0.05, 0.1) is 16.8 Å². The first-order valence-corrected chi connectivity index (χ1v) is 15.5. The van der Waals surface area contributed by atoms with Crippen molar-refractivity contribution in [2.24, 2.45) is 0 Å². The molecule has 46 heavy (non-hydrogen) atoms. The summed E-state index contributed by atoms with van der Waals surface area (Å²) in [6.45, 7) is 8.23. The fourth-order valence-corrected chi connectivity index (χ4v) is 5.96. The predicted molar refractivity (Wildman–Crippen MR) is 185 cm³/mol. The van der Waals surface area contributed by atoms with Gasteiger partial charge in [0.1, 0.15) is 11.2 Å². The van der Waals surface area contributed by atoms with E-state index >= 15 is 0 Å². The molecule has 8 rings (SSSR count). The zero-order valence-electron chi connectivity index (χ0n) is 26.2. The van der Waals surface area contributed by atoms with E-state index in [1.807, 2.05) is 72.8 Å². The van der Waals surface area contributed by atoms with E-state index in [1.165, 1.54) is 0 Å². The van der Waals surface area contributed by atoms with Gasteiger partial charge in [-0.05, 0) is 44.9 Å². The van der Waals surface area contributed by atoms with Crippen molar-refractivity contribution >= 4 is 34.5 Å². The Kier molecular flexibility index (Phi) is 6.64. The monoisotopic (exact) mass is 601 g/mol. The van der Waals surface area contributed by atoms with Crippen molar-refractivity contribution in [3.8, 4) is 45.3 Å². The van der Waals surface area contributed by atoms with E-state index in [9.17, 15) is 0 Å². The highest BCUT2D eigenvalue weighted by Crippen LogP contribution is 2.39. The minimum Gasteiger partial charge on any atom is -0.456 e. The molecule has 1 aliphatic heterocycles. The standard InChI is InChI=1S/C39H32BN3O3/c1-38(2)39(3,4)46-40(45-38)32-20-12-18-30-29-17-11-19-31(33(29)44-34(30)32)37-42-35(27-15-9-6-10-16-27)41-36(43-37)28-23-21-26(22-24-28)25-13-7-5-8-14-25/h5-24H,1-4H3. The molecule has 0 N–H and O–H groups in total. The molecule has 2 aromatic heterocycles. The number of nitrogens with zero attached hydrogens (tertiary/aromatic N) is 3. The first-order valence-electron chi connectivity index (χ1n) is 15.5. The van der Waals surface area contributed by atoms with Gasteiger partial charge >= 0.3 is 7.12 Å². The van der Waals surface area contributed by atoms with Crippen LogP contribution in [0.4, 0.5) is 0 Å². The van der Waals surface area contributed by atoms with E-state index in [0.717, 1.165) is 49.6 Å². The predicted octanol–water partition coefficient (Wildman–Crippen LogP) is 8.74. The van der Waals surface area contributed by atoms with Crippen LogP contribution in [0.3, 0.4) is 0 Å². The number of hydrogen-bond donors (Lipinski definition) is 0. The second-order valence-electron chi connectivity index (χ2n) is 12.7. The van der Waals surface area contributed by atoms with Gasteiger partial charge in [0.2, 0.25) is 0 Å². The Bertz CT molecular complexity index is 2200. The number of fused-ring (bicyclic) bond motifs is 3. The van der Waals surface area contributed by atoms with Gasteiger partial charge in [0, 0.05) is 27.4 Å². The highest BCUT2D eigenvalue weighted by Gasteiger charge is 2.52. The summed E-state index contributed by atoms with van der Waals surface area (Å²) in [5.74, 6) is 1.73. The number of hydrogen-bond acceptors (Lipinski definition) is 6. The molecule has 6 nitrogen and oxygen atoms in total. The lowest BCUT2D eigenvalue weighted by Gasteiger charge is -2.32. The second kappa shape index (κ2) is 10.8. The molecule has 0 amide bonds. The van der Waals surface area contributed by atoms with Crippen LogP contribution in [0.15, 0.2) is 126 Å². The molecular weight excluding hydrogens is 569 g/mol. The second-order valence-corrected chi connectivity index (χ2v) is 12.7. The number of aromatic nitrogens is 3. The van der Waals surface area contributed by atoms with Crippen molar-refractivity contribution in [2.45, 2.75) is 38.9 Å². The molecule has 1 fully saturated rings. The fraction of sp³-hybridized carbons (Fsp3) is 0.154. The summed E-state index contributed by atoms with van der Waals surface area (Å²) in [6, 6.07) is 40.9. The summed E-state index contributed by atoms with van der Waals surface area (Å²) < 4.78 is 19.6. The van der Waals surface area contributed by atoms with Crippen LogP contribution in [0, 0.1) is 0 Å². The molecule has 0 spiro atoms. The van der Waals surface area contributed by atoms with Crippen LogP contribution < -0.4 is 5.46 Å². The Hall–Kier alpha value is -5.11. The Labute approximate surface area is 268 Å². The quantitative estimate of drug-likeness (QED) is 0.184. The van der Waals surface area contributed by atoms with Crippen LogP contribution in [0.5, 0.6) is 0 Å². The lowest BCUT2D eigenvalue weighted by Crippen LogP contribution is -2.41. The Balaban J connectivity index is 1.28. The van der Waals surface area contributed by atoms with Crippen molar-refractivity contribution in [1.29, 1.82) is 0 Å². The Morgan fingerprint density at radius 3 is 1.57 bits per heavy atom. The van der Waals surface area contributed by atoms with Gasteiger partial charge in [0.15, 0.2) is 17.5 Å².